The van der Waals surface area contributed by atoms with Gasteiger partial charge in [-0.3, -0.25) is 0 Å². The van der Waals surface area contributed by atoms with Gasteiger partial charge in [0.15, 0.2) is 5.13 Å². The highest BCUT2D eigenvalue weighted by Gasteiger charge is 2.08. The first-order chi connectivity index (χ1) is 10.2. The number of hydrogen-bond donors (Lipinski definition) is 1. The van der Waals surface area contributed by atoms with E-state index < -0.39 is 0 Å². The summed E-state index contributed by atoms with van der Waals surface area (Å²) in [4.78, 5) is 5.49. The molecule has 0 fully saturated rings. The highest BCUT2D eigenvalue weighted by molar-refractivity contribution is 7.15. The van der Waals surface area contributed by atoms with Crippen LogP contribution < -0.4 is 10.5 Å². The van der Waals surface area contributed by atoms with E-state index in [2.05, 4.69) is 17.1 Å². The summed E-state index contributed by atoms with van der Waals surface area (Å²) >= 11 is 1.51. The number of rotatable bonds is 4. The van der Waals surface area contributed by atoms with Crippen LogP contribution in [-0.2, 0) is 6.61 Å². The smallest absolute Gasteiger partial charge is 0.180 e. The predicted octanol–water partition coefficient (Wildman–Crippen LogP) is 4.28. The molecule has 0 unspecified atom stereocenters. The Balaban J connectivity index is 1.71. The van der Waals surface area contributed by atoms with E-state index in [1.165, 1.54) is 11.3 Å². The second-order valence-corrected chi connectivity index (χ2v) is 5.99. The maximum absolute atomic E-state index is 5.78. The number of aryl methyl sites for hydroxylation is 1. The van der Waals surface area contributed by atoms with E-state index in [4.69, 9.17) is 10.5 Å². The number of aromatic nitrogens is 1. The Morgan fingerprint density at radius 3 is 2.38 bits per heavy atom. The topological polar surface area (TPSA) is 48.1 Å². The van der Waals surface area contributed by atoms with Crippen LogP contribution in [0.4, 0.5) is 5.13 Å². The van der Waals surface area contributed by atoms with Gasteiger partial charge in [-0.05, 0) is 36.8 Å². The summed E-state index contributed by atoms with van der Waals surface area (Å²) in [7, 11) is 0. The fourth-order valence-electron chi connectivity index (χ4n) is 2.13. The Labute approximate surface area is 128 Å². The molecule has 0 aliphatic rings. The second-order valence-electron chi connectivity index (χ2n) is 4.76. The van der Waals surface area contributed by atoms with Crippen molar-refractivity contribution < 1.29 is 4.74 Å². The van der Waals surface area contributed by atoms with Crippen molar-refractivity contribution in [1.29, 1.82) is 0 Å². The minimum atomic E-state index is 0.572. The summed E-state index contributed by atoms with van der Waals surface area (Å²) in [5.41, 5.74) is 8.91. The number of hydrogen-bond acceptors (Lipinski definition) is 4. The summed E-state index contributed by atoms with van der Waals surface area (Å²) in [5.74, 6) is 0.850. The summed E-state index contributed by atoms with van der Waals surface area (Å²) < 4.78 is 5.78. The van der Waals surface area contributed by atoms with E-state index in [0.29, 0.717) is 11.7 Å². The molecule has 2 N–H and O–H groups in total. The fourth-order valence-corrected chi connectivity index (χ4v) is 2.85. The van der Waals surface area contributed by atoms with Gasteiger partial charge in [0.25, 0.3) is 0 Å². The van der Waals surface area contributed by atoms with E-state index in [9.17, 15) is 0 Å². The SMILES string of the molecule is Cc1sc(N)nc1-c1ccc(OCc2ccccc2)cc1. The standard InChI is InChI=1S/C17H16N2OS/c1-12-16(19-17(18)21-12)14-7-9-15(10-8-14)20-11-13-5-3-2-4-6-13/h2-10H,11H2,1H3,(H2,18,19). The third-order valence-corrected chi connectivity index (χ3v) is 3.99. The Bertz CT molecular complexity index is 720. The molecule has 3 aromatic rings. The number of nitrogens with two attached hydrogens (primary N) is 1. The molecule has 4 heteroatoms. The maximum Gasteiger partial charge on any atom is 0.180 e. The minimum Gasteiger partial charge on any atom is -0.489 e. The molecule has 3 rings (SSSR count). The lowest BCUT2D eigenvalue weighted by atomic mass is 10.1. The lowest BCUT2D eigenvalue weighted by molar-refractivity contribution is 0.306. The van der Waals surface area contributed by atoms with Gasteiger partial charge in [0, 0.05) is 10.4 Å². The molecule has 0 amide bonds. The van der Waals surface area contributed by atoms with Crippen LogP contribution >= 0.6 is 11.3 Å². The Morgan fingerprint density at radius 2 is 1.76 bits per heavy atom. The van der Waals surface area contributed by atoms with Crippen LogP contribution in [-0.4, -0.2) is 4.98 Å². The van der Waals surface area contributed by atoms with Gasteiger partial charge in [-0.25, -0.2) is 4.98 Å². The normalized spacial score (nSPS) is 10.5. The Morgan fingerprint density at radius 1 is 1.05 bits per heavy atom. The van der Waals surface area contributed by atoms with Crippen LogP contribution in [0.3, 0.4) is 0 Å². The molecular weight excluding hydrogens is 280 g/mol. The lowest BCUT2D eigenvalue weighted by Crippen LogP contribution is -1.94. The van der Waals surface area contributed by atoms with Crippen LogP contribution in [0.5, 0.6) is 5.75 Å². The van der Waals surface area contributed by atoms with Crippen molar-refractivity contribution in [3.8, 4) is 17.0 Å². The molecule has 0 bridgehead atoms. The number of ether oxygens (including phenoxy) is 1. The Hall–Kier alpha value is -2.33. The first kappa shape index (κ1) is 13.6. The molecule has 2 aromatic carbocycles. The third kappa shape index (κ3) is 3.23. The maximum atomic E-state index is 5.78. The van der Waals surface area contributed by atoms with E-state index in [0.717, 1.165) is 27.4 Å². The zero-order valence-corrected chi connectivity index (χ0v) is 12.6. The third-order valence-electron chi connectivity index (χ3n) is 3.19. The Kier molecular flexibility index (Phi) is 3.88. The van der Waals surface area contributed by atoms with Crippen LogP contribution in [0.15, 0.2) is 54.6 Å². The van der Waals surface area contributed by atoms with E-state index in [-0.39, 0.29) is 0 Å². The highest BCUT2D eigenvalue weighted by Crippen LogP contribution is 2.29. The van der Waals surface area contributed by atoms with Gasteiger partial charge in [-0.15, -0.1) is 11.3 Å². The summed E-state index contributed by atoms with van der Waals surface area (Å²) in [5, 5.41) is 0.604. The molecule has 0 saturated heterocycles. The summed E-state index contributed by atoms with van der Waals surface area (Å²) in [6.07, 6.45) is 0. The molecule has 0 aliphatic carbocycles. The lowest BCUT2D eigenvalue weighted by Gasteiger charge is -2.07. The van der Waals surface area contributed by atoms with Crippen molar-refractivity contribution >= 4 is 16.5 Å². The molecule has 3 nitrogen and oxygen atoms in total. The number of thiazole rings is 1. The second kappa shape index (κ2) is 5.97. The molecule has 0 spiro atoms. The van der Waals surface area contributed by atoms with E-state index >= 15 is 0 Å². The average molecular weight is 296 g/mol. The van der Waals surface area contributed by atoms with Crippen molar-refractivity contribution in [2.45, 2.75) is 13.5 Å². The molecule has 106 valence electrons. The quantitative estimate of drug-likeness (QED) is 0.781. The van der Waals surface area contributed by atoms with Crippen molar-refractivity contribution in [3.05, 3.63) is 65.0 Å². The van der Waals surface area contributed by atoms with Gasteiger partial charge in [0.1, 0.15) is 12.4 Å². The molecule has 1 heterocycles. The van der Waals surface area contributed by atoms with E-state index in [1.54, 1.807) is 0 Å². The first-order valence-corrected chi connectivity index (χ1v) is 7.54. The minimum absolute atomic E-state index is 0.572. The first-order valence-electron chi connectivity index (χ1n) is 6.72. The van der Waals surface area contributed by atoms with Crippen molar-refractivity contribution in [2.24, 2.45) is 0 Å². The molecule has 0 atom stereocenters. The van der Waals surface area contributed by atoms with Crippen LogP contribution in [0.2, 0.25) is 0 Å². The molecule has 0 aliphatic heterocycles. The fraction of sp³-hybridized carbons (Fsp3) is 0.118. The average Bonchev–Trinajstić information content (AvgIpc) is 2.85. The van der Waals surface area contributed by atoms with Crippen LogP contribution in [0.1, 0.15) is 10.4 Å². The van der Waals surface area contributed by atoms with Gasteiger partial charge in [0.05, 0.1) is 5.69 Å². The van der Waals surface area contributed by atoms with E-state index in [1.807, 2.05) is 49.4 Å². The van der Waals surface area contributed by atoms with Gasteiger partial charge in [-0.2, -0.15) is 0 Å². The van der Waals surface area contributed by atoms with Crippen molar-refractivity contribution in [2.75, 3.05) is 5.73 Å². The van der Waals surface area contributed by atoms with Gasteiger partial charge in [-0.1, -0.05) is 30.3 Å². The van der Waals surface area contributed by atoms with Crippen molar-refractivity contribution in [1.82, 2.24) is 4.98 Å². The number of anilines is 1. The van der Waals surface area contributed by atoms with Gasteiger partial charge >= 0.3 is 0 Å². The van der Waals surface area contributed by atoms with Crippen LogP contribution in [0, 0.1) is 6.92 Å². The zero-order chi connectivity index (χ0) is 14.7. The molecule has 0 radical (unpaired) electrons. The zero-order valence-electron chi connectivity index (χ0n) is 11.7. The van der Waals surface area contributed by atoms with Gasteiger partial charge in [0.2, 0.25) is 0 Å². The highest BCUT2D eigenvalue weighted by atomic mass is 32.1. The monoisotopic (exact) mass is 296 g/mol. The summed E-state index contributed by atoms with van der Waals surface area (Å²) in [6.45, 7) is 2.60. The summed E-state index contributed by atoms with van der Waals surface area (Å²) in [6, 6.07) is 18.1. The number of nitrogen functional groups attached to an aromatic ring is 1. The predicted molar refractivity (Wildman–Crippen MR) is 87.5 cm³/mol. The van der Waals surface area contributed by atoms with Crippen LogP contribution in [0.25, 0.3) is 11.3 Å². The number of benzene rings is 2. The molecule has 0 saturated carbocycles. The molecular formula is C17H16N2OS. The largest absolute Gasteiger partial charge is 0.489 e. The number of nitrogens with zero attached hydrogens (tertiary/aromatic N) is 1. The molecule has 21 heavy (non-hydrogen) atoms. The van der Waals surface area contributed by atoms with Gasteiger partial charge < -0.3 is 10.5 Å². The van der Waals surface area contributed by atoms with Crippen molar-refractivity contribution in [3.63, 3.8) is 0 Å². The molecule has 1 aromatic heterocycles.